The number of nitrogens with zero attached hydrogens (tertiary/aromatic N) is 1. The lowest BCUT2D eigenvalue weighted by Gasteiger charge is -2.06. The summed E-state index contributed by atoms with van der Waals surface area (Å²) in [5.41, 5.74) is 2.18. The summed E-state index contributed by atoms with van der Waals surface area (Å²) < 4.78 is 5.74. The zero-order chi connectivity index (χ0) is 14.2. The highest BCUT2D eigenvalue weighted by Crippen LogP contribution is 2.19. The Balaban J connectivity index is 1.72. The molecular formula is C17H24ClNO. The van der Waals surface area contributed by atoms with Crippen LogP contribution in [0.3, 0.4) is 0 Å². The van der Waals surface area contributed by atoms with Gasteiger partial charge < -0.3 is 4.74 Å². The van der Waals surface area contributed by atoms with Gasteiger partial charge in [-0.25, -0.2) is 0 Å². The fourth-order valence-electron chi connectivity index (χ4n) is 2.47. The summed E-state index contributed by atoms with van der Waals surface area (Å²) in [5, 5.41) is 0.761. The van der Waals surface area contributed by atoms with Gasteiger partial charge in [0.2, 0.25) is 0 Å². The summed E-state index contributed by atoms with van der Waals surface area (Å²) in [6.07, 6.45) is 8.99. The van der Waals surface area contributed by atoms with Crippen LogP contribution in [-0.2, 0) is 4.74 Å². The van der Waals surface area contributed by atoms with Crippen molar-refractivity contribution >= 4 is 17.3 Å². The number of benzene rings is 1. The Morgan fingerprint density at radius 1 is 1.10 bits per heavy atom. The lowest BCUT2D eigenvalue weighted by Crippen LogP contribution is -2.04. The van der Waals surface area contributed by atoms with Gasteiger partial charge in [-0.15, -0.1) is 0 Å². The quantitative estimate of drug-likeness (QED) is 0.601. The lowest BCUT2D eigenvalue weighted by atomic mass is 10.1. The van der Waals surface area contributed by atoms with E-state index < -0.39 is 0 Å². The number of rotatable bonds is 8. The number of unbranched alkanes of at least 4 members (excludes halogenated alkanes) is 5. The van der Waals surface area contributed by atoms with E-state index in [1.54, 1.807) is 0 Å². The van der Waals surface area contributed by atoms with Gasteiger partial charge in [0.1, 0.15) is 6.23 Å². The summed E-state index contributed by atoms with van der Waals surface area (Å²) in [4.78, 5) is 4.67. The van der Waals surface area contributed by atoms with E-state index in [1.807, 2.05) is 24.3 Å². The molecule has 110 valence electrons. The third-order valence-corrected chi connectivity index (χ3v) is 3.95. The molecule has 20 heavy (non-hydrogen) atoms. The van der Waals surface area contributed by atoms with Gasteiger partial charge in [-0.05, 0) is 30.5 Å². The largest absolute Gasteiger partial charge is 0.350 e. The number of hydrogen-bond acceptors (Lipinski definition) is 2. The Hall–Kier alpha value is -0.860. The Bertz CT molecular complexity index is 427. The minimum atomic E-state index is 0.0619. The van der Waals surface area contributed by atoms with Crippen LogP contribution in [0.15, 0.2) is 29.3 Å². The Morgan fingerprint density at radius 2 is 1.80 bits per heavy atom. The fraction of sp³-hybridized carbons (Fsp3) is 0.588. The van der Waals surface area contributed by atoms with E-state index in [4.69, 9.17) is 16.3 Å². The van der Waals surface area contributed by atoms with Crippen molar-refractivity contribution in [3.8, 4) is 0 Å². The van der Waals surface area contributed by atoms with Gasteiger partial charge in [-0.2, -0.15) is 0 Å². The average Bonchev–Trinajstić information content (AvgIpc) is 2.92. The van der Waals surface area contributed by atoms with Crippen LogP contribution in [0.4, 0.5) is 0 Å². The van der Waals surface area contributed by atoms with Gasteiger partial charge >= 0.3 is 0 Å². The van der Waals surface area contributed by atoms with Crippen LogP contribution < -0.4 is 0 Å². The first kappa shape index (κ1) is 15.5. The van der Waals surface area contributed by atoms with Gasteiger partial charge in [0.05, 0.1) is 12.3 Å². The van der Waals surface area contributed by atoms with E-state index >= 15 is 0 Å². The molecule has 0 aliphatic carbocycles. The molecule has 0 N–H and O–H groups in total. The predicted octanol–water partition coefficient (Wildman–Crippen LogP) is 5.24. The van der Waals surface area contributed by atoms with E-state index in [9.17, 15) is 0 Å². The van der Waals surface area contributed by atoms with Crippen molar-refractivity contribution in [2.45, 2.75) is 58.1 Å². The molecule has 1 aromatic carbocycles. The van der Waals surface area contributed by atoms with Crippen LogP contribution in [0.1, 0.15) is 57.4 Å². The standard InChI is InChI=1S/C17H24ClNO/c1-2-3-4-5-6-7-8-17-19-16(13-20-17)14-9-11-15(18)12-10-14/h9-12,17H,2-8,13H2,1H3. The summed E-state index contributed by atoms with van der Waals surface area (Å²) in [6, 6.07) is 7.83. The topological polar surface area (TPSA) is 21.6 Å². The highest BCUT2D eigenvalue weighted by atomic mass is 35.5. The second kappa shape index (κ2) is 8.43. The molecule has 0 spiro atoms. The van der Waals surface area contributed by atoms with Crippen LogP contribution >= 0.6 is 11.6 Å². The highest BCUT2D eigenvalue weighted by molar-refractivity contribution is 6.30. The normalized spacial score (nSPS) is 18.3. The van der Waals surface area contributed by atoms with E-state index in [1.165, 1.54) is 38.5 Å². The van der Waals surface area contributed by atoms with Crippen LogP contribution in [0, 0.1) is 0 Å². The van der Waals surface area contributed by atoms with Gasteiger partial charge in [-0.1, -0.05) is 62.8 Å². The average molecular weight is 294 g/mol. The molecule has 0 bridgehead atoms. The Morgan fingerprint density at radius 3 is 2.55 bits per heavy atom. The van der Waals surface area contributed by atoms with Crippen molar-refractivity contribution in [2.24, 2.45) is 4.99 Å². The molecule has 3 heteroatoms. The van der Waals surface area contributed by atoms with Crippen molar-refractivity contribution in [3.05, 3.63) is 34.9 Å². The second-order valence-electron chi connectivity index (χ2n) is 5.40. The number of halogens is 1. The molecule has 1 atom stereocenters. The number of aliphatic imine (C=N–C) groups is 1. The summed E-state index contributed by atoms with van der Waals surface area (Å²) >= 11 is 5.90. The maximum absolute atomic E-state index is 5.90. The Labute approximate surface area is 127 Å². The molecule has 0 fully saturated rings. The van der Waals surface area contributed by atoms with E-state index in [2.05, 4.69) is 11.9 Å². The third-order valence-electron chi connectivity index (χ3n) is 3.69. The first-order valence-electron chi connectivity index (χ1n) is 7.74. The summed E-state index contributed by atoms with van der Waals surface area (Å²) in [7, 11) is 0. The van der Waals surface area contributed by atoms with Crippen molar-refractivity contribution in [2.75, 3.05) is 6.61 Å². The highest BCUT2D eigenvalue weighted by Gasteiger charge is 2.18. The molecule has 0 aromatic heterocycles. The molecule has 0 amide bonds. The minimum Gasteiger partial charge on any atom is -0.350 e. The molecule has 1 heterocycles. The smallest absolute Gasteiger partial charge is 0.149 e. The van der Waals surface area contributed by atoms with Gasteiger partial charge in [0, 0.05) is 5.02 Å². The molecule has 0 saturated carbocycles. The SMILES string of the molecule is CCCCCCCCC1N=C(c2ccc(Cl)cc2)CO1. The molecule has 2 nitrogen and oxygen atoms in total. The molecule has 0 radical (unpaired) electrons. The van der Waals surface area contributed by atoms with Crippen LogP contribution in [0.2, 0.25) is 5.02 Å². The second-order valence-corrected chi connectivity index (χ2v) is 5.84. The monoisotopic (exact) mass is 293 g/mol. The van der Waals surface area contributed by atoms with Gasteiger partial charge in [0.15, 0.2) is 0 Å². The molecule has 1 aromatic rings. The molecule has 1 aliphatic heterocycles. The summed E-state index contributed by atoms with van der Waals surface area (Å²) in [5.74, 6) is 0. The minimum absolute atomic E-state index is 0.0619. The predicted molar refractivity (Wildman–Crippen MR) is 85.7 cm³/mol. The zero-order valence-corrected chi connectivity index (χ0v) is 13.0. The van der Waals surface area contributed by atoms with Crippen molar-refractivity contribution < 1.29 is 4.74 Å². The molecular weight excluding hydrogens is 270 g/mol. The van der Waals surface area contributed by atoms with Crippen molar-refractivity contribution in [1.82, 2.24) is 0 Å². The first-order valence-corrected chi connectivity index (χ1v) is 8.11. The molecule has 1 unspecified atom stereocenters. The van der Waals surface area contributed by atoms with Crippen LogP contribution in [-0.4, -0.2) is 18.5 Å². The molecule has 1 aliphatic rings. The molecule has 2 rings (SSSR count). The summed E-state index contributed by atoms with van der Waals surface area (Å²) in [6.45, 7) is 2.88. The van der Waals surface area contributed by atoms with Gasteiger partial charge in [-0.3, -0.25) is 4.99 Å². The van der Waals surface area contributed by atoms with Crippen LogP contribution in [0.25, 0.3) is 0 Å². The van der Waals surface area contributed by atoms with E-state index in [0.29, 0.717) is 6.61 Å². The van der Waals surface area contributed by atoms with E-state index in [0.717, 1.165) is 22.7 Å². The Kier molecular flexibility index (Phi) is 6.55. The lowest BCUT2D eigenvalue weighted by molar-refractivity contribution is 0.0997. The van der Waals surface area contributed by atoms with E-state index in [-0.39, 0.29) is 6.23 Å². The maximum atomic E-state index is 5.90. The number of ether oxygens (including phenoxy) is 1. The first-order chi connectivity index (χ1) is 9.79. The maximum Gasteiger partial charge on any atom is 0.149 e. The number of hydrogen-bond donors (Lipinski definition) is 0. The zero-order valence-electron chi connectivity index (χ0n) is 12.3. The molecule has 0 saturated heterocycles. The third kappa shape index (κ3) is 4.92. The van der Waals surface area contributed by atoms with Crippen LogP contribution in [0.5, 0.6) is 0 Å². The van der Waals surface area contributed by atoms with Crippen molar-refractivity contribution in [3.63, 3.8) is 0 Å². The van der Waals surface area contributed by atoms with Gasteiger partial charge in [0.25, 0.3) is 0 Å². The van der Waals surface area contributed by atoms with Crippen molar-refractivity contribution in [1.29, 1.82) is 0 Å². The fourth-order valence-corrected chi connectivity index (χ4v) is 2.60.